The van der Waals surface area contributed by atoms with Gasteiger partial charge in [0, 0.05) is 19.0 Å². The first-order valence-electron chi connectivity index (χ1n) is 4.96. The van der Waals surface area contributed by atoms with Crippen molar-refractivity contribution in [3.63, 3.8) is 0 Å². The van der Waals surface area contributed by atoms with Crippen molar-refractivity contribution in [1.29, 1.82) is 0 Å². The zero-order valence-corrected chi connectivity index (χ0v) is 8.41. The molecule has 0 amide bonds. The smallest absolute Gasteiger partial charge is 0.280 e. The molecule has 0 bridgehead atoms. The highest BCUT2D eigenvalue weighted by Crippen LogP contribution is 2.19. The third-order valence-corrected chi connectivity index (χ3v) is 2.69. The molecule has 82 valence electrons. The van der Waals surface area contributed by atoms with E-state index in [9.17, 15) is 13.6 Å². The van der Waals surface area contributed by atoms with Crippen molar-refractivity contribution < 1.29 is 8.78 Å². The van der Waals surface area contributed by atoms with Gasteiger partial charge in [0.1, 0.15) is 11.5 Å². The van der Waals surface area contributed by atoms with Crippen molar-refractivity contribution in [1.82, 2.24) is 9.55 Å². The van der Waals surface area contributed by atoms with Gasteiger partial charge in [-0.2, -0.15) is 0 Å². The van der Waals surface area contributed by atoms with Crippen molar-refractivity contribution in [2.45, 2.75) is 32.7 Å². The summed E-state index contributed by atoms with van der Waals surface area (Å²) in [5.74, 6) is 0.908. The van der Waals surface area contributed by atoms with Crippen LogP contribution < -0.4 is 5.56 Å². The number of aryl methyl sites for hydroxylation is 1. The molecule has 2 heterocycles. The molecule has 0 radical (unpaired) electrons. The molecule has 1 aromatic heterocycles. The second-order valence-corrected chi connectivity index (χ2v) is 3.99. The van der Waals surface area contributed by atoms with Gasteiger partial charge in [-0.15, -0.1) is 0 Å². The maximum atomic E-state index is 12.4. The first kappa shape index (κ1) is 10.3. The molecule has 0 saturated carbocycles. The molecule has 1 aliphatic rings. The monoisotopic (exact) mass is 214 g/mol. The zero-order chi connectivity index (χ0) is 11.0. The Labute approximate surface area is 85.8 Å². The fourth-order valence-electron chi connectivity index (χ4n) is 1.85. The van der Waals surface area contributed by atoms with Crippen LogP contribution >= 0.6 is 0 Å². The van der Waals surface area contributed by atoms with Gasteiger partial charge in [-0.05, 0) is 12.3 Å². The van der Waals surface area contributed by atoms with Gasteiger partial charge in [-0.3, -0.25) is 9.36 Å². The Morgan fingerprint density at radius 2 is 2.33 bits per heavy atom. The van der Waals surface area contributed by atoms with Gasteiger partial charge in [-0.1, -0.05) is 6.92 Å². The lowest BCUT2D eigenvalue weighted by molar-refractivity contribution is 0.144. The van der Waals surface area contributed by atoms with Crippen LogP contribution in [0.25, 0.3) is 0 Å². The number of aromatic nitrogens is 2. The average Bonchev–Trinajstić information content (AvgIpc) is 2.18. The molecule has 0 N–H and O–H groups in total. The second-order valence-electron chi connectivity index (χ2n) is 3.99. The highest BCUT2D eigenvalue weighted by atomic mass is 19.3. The molecular weight excluding hydrogens is 202 g/mol. The normalized spacial score (nSPS) is 20.4. The lowest BCUT2D eigenvalue weighted by Gasteiger charge is -2.22. The van der Waals surface area contributed by atoms with Gasteiger partial charge in [-0.25, -0.2) is 13.8 Å². The summed E-state index contributed by atoms with van der Waals surface area (Å²) >= 11 is 0. The molecular formula is C10H12F2N2O. The summed E-state index contributed by atoms with van der Waals surface area (Å²) in [6.07, 6.45) is -1.15. The Morgan fingerprint density at radius 1 is 1.60 bits per heavy atom. The van der Waals surface area contributed by atoms with Crippen molar-refractivity contribution in [3.05, 3.63) is 27.9 Å². The number of hydrogen-bond acceptors (Lipinski definition) is 2. The molecule has 15 heavy (non-hydrogen) atoms. The predicted molar refractivity (Wildman–Crippen MR) is 50.9 cm³/mol. The molecule has 1 aromatic rings. The first-order chi connectivity index (χ1) is 7.08. The van der Waals surface area contributed by atoms with Gasteiger partial charge in [0.05, 0.1) is 0 Å². The zero-order valence-electron chi connectivity index (χ0n) is 8.41. The molecule has 0 aliphatic carbocycles. The Hall–Kier alpha value is -1.26. The van der Waals surface area contributed by atoms with E-state index in [2.05, 4.69) is 4.98 Å². The largest absolute Gasteiger partial charge is 0.296 e. The SMILES string of the molecule is C[C@@H]1CCc2nc(C(F)F)cc(=O)n2C1. The van der Waals surface area contributed by atoms with Gasteiger partial charge < -0.3 is 0 Å². The van der Waals surface area contributed by atoms with E-state index in [0.29, 0.717) is 24.7 Å². The minimum absolute atomic E-state index is 0.359. The summed E-state index contributed by atoms with van der Waals surface area (Å²) in [5.41, 5.74) is -0.761. The average molecular weight is 214 g/mol. The summed E-state index contributed by atoms with van der Waals surface area (Å²) in [7, 11) is 0. The topological polar surface area (TPSA) is 34.9 Å². The van der Waals surface area contributed by atoms with Gasteiger partial charge in [0.15, 0.2) is 0 Å². The van der Waals surface area contributed by atoms with E-state index >= 15 is 0 Å². The van der Waals surface area contributed by atoms with E-state index in [1.165, 1.54) is 4.57 Å². The number of halogens is 2. The summed E-state index contributed by atoms with van der Waals surface area (Å²) in [5, 5.41) is 0. The molecule has 1 atom stereocenters. The van der Waals surface area contributed by atoms with E-state index in [0.717, 1.165) is 12.5 Å². The summed E-state index contributed by atoms with van der Waals surface area (Å²) in [6, 6.07) is 0.937. The van der Waals surface area contributed by atoms with Crippen molar-refractivity contribution in [2.24, 2.45) is 5.92 Å². The Balaban J connectivity index is 2.48. The summed E-state index contributed by atoms with van der Waals surface area (Å²) in [4.78, 5) is 15.3. The highest BCUT2D eigenvalue weighted by molar-refractivity contribution is 5.07. The van der Waals surface area contributed by atoms with E-state index in [-0.39, 0.29) is 5.56 Å². The van der Waals surface area contributed by atoms with Crippen LogP contribution in [0.4, 0.5) is 8.78 Å². The lowest BCUT2D eigenvalue weighted by atomic mass is 10.0. The van der Waals surface area contributed by atoms with Crippen molar-refractivity contribution in [2.75, 3.05) is 0 Å². The highest BCUT2D eigenvalue weighted by Gasteiger charge is 2.20. The Morgan fingerprint density at radius 3 is 3.00 bits per heavy atom. The molecule has 0 aromatic carbocycles. The van der Waals surface area contributed by atoms with Crippen LogP contribution in [0, 0.1) is 5.92 Å². The first-order valence-corrected chi connectivity index (χ1v) is 4.96. The van der Waals surface area contributed by atoms with E-state index in [4.69, 9.17) is 0 Å². The minimum Gasteiger partial charge on any atom is -0.296 e. The van der Waals surface area contributed by atoms with E-state index in [1.54, 1.807) is 0 Å². The Kier molecular flexibility index (Phi) is 2.54. The molecule has 0 saturated heterocycles. The predicted octanol–water partition coefficient (Wildman–Crippen LogP) is 1.76. The van der Waals surface area contributed by atoms with Crippen LogP contribution in [-0.4, -0.2) is 9.55 Å². The summed E-state index contributed by atoms with van der Waals surface area (Å²) < 4.78 is 26.3. The van der Waals surface area contributed by atoms with Crippen LogP contribution in [0.5, 0.6) is 0 Å². The maximum absolute atomic E-state index is 12.4. The standard InChI is InChI=1S/C10H12F2N2O/c1-6-2-3-8-13-7(10(11)12)4-9(15)14(8)5-6/h4,6,10H,2-3,5H2,1H3/t6-/m1/s1. The van der Waals surface area contributed by atoms with Crippen LogP contribution in [0.15, 0.2) is 10.9 Å². The number of alkyl halides is 2. The quantitative estimate of drug-likeness (QED) is 0.714. The van der Waals surface area contributed by atoms with Crippen molar-refractivity contribution in [3.8, 4) is 0 Å². The molecule has 1 aliphatic heterocycles. The van der Waals surface area contributed by atoms with Gasteiger partial charge >= 0.3 is 0 Å². The second kappa shape index (κ2) is 3.72. The van der Waals surface area contributed by atoms with Crippen LogP contribution in [-0.2, 0) is 13.0 Å². The van der Waals surface area contributed by atoms with Gasteiger partial charge in [0.2, 0.25) is 0 Å². The number of nitrogens with zero attached hydrogens (tertiary/aromatic N) is 2. The van der Waals surface area contributed by atoms with E-state index in [1.807, 2.05) is 6.92 Å². The fraction of sp³-hybridized carbons (Fsp3) is 0.600. The minimum atomic E-state index is -2.66. The maximum Gasteiger partial charge on any atom is 0.280 e. The molecule has 0 fully saturated rings. The molecule has 0 unspecified atom stereocenters. The number of fused-ring (bicyclic) bond motifs is 1. The number of rotatable bonds is 1. The molecule has 0 spiro atoms. The molecule has 3 nitrogen and oxygen atoms in total. The van der Waals surface area contributed by atoms with Gasteiger partial charge in [0.25, 0.3) is 12.0 Å². The fourth-order valence-corrected chi connectivity index (χ4v) is 1.85. The van der Waals surface area contributed by atoms with Crippen LogP contribution in [0.3, 0.4) is 0 Å². The van der Waals surface area contributed by atoms with Crippen LogP contribution in [0.1, 0.15) is 31.3 Å². The Bertz CT molecular complexity index is 428. The summed E-state index contributed by atoms with van der Waals surface area (Å²) in [6.45, 7) is 2.63. The van der Waals surface area contributed by atoms with Crippen LogP contribution in [0.2, 0.25) is 0 Å². The third kappa shape index (κ3) is 1.91. The molecule has 5 heteroatoms. The number of hydrogen-bond donors (Lipinski definition) is 0. The molecule has 2 rings (SSSR count). The van der Waals surface area contributed by atoms with Crippen molar-refractivity contribution >= 4 is 0 Å². The lowest BCUT2D eigenvalue weighted by Crippen LogP contribution is -2.31. The third-order valence-electron chi connectivity index (χ3n) is 2.69. The van der Waals surface area contributed by atoms with E-state index < -0.39 is 12.1 Å².